The molecule has 1 amide bonds. The molecule has 0 saturated carbocycles. The van der Waals surface area contributed by atoms with Gasteiger partial charge in [-0.2, -0.15) is 5.10 Å². The number of hydrogen-bond donors (Lipinski definition) is 3. The number of aryl methyl sites for hydroxylation is 2. The van der Waals surface area contributed by atoms with Crippen LogP contribution >= 0.6 is 0 Å². The van der Waals surface area contributed by atoms with Crippen molar-refractivity contribution < 1.29 is 4.79 Å². The summed E-state index contributed by atoms with van der Waals surface area (Å²) in [6.45, 7) is 5.65. The molecule has 0 saturated heterocycles. The molecular weight excluding hydrogens is 280 g/mol. The van der Waals surface area contributed by atoms with Gasteiger partial charge in [0.15, 0.2) is 0 Å². The van der Waals surface area contributed by atoms with Crippen LogP contribution in [0.2, 0.25) is 0 Å². The molecule has 0 fully saturated rings. The maximum absolute atomic E-state index is 11.8. The van der Waals surface area contributed by atoms with E-state index in [9.17, 15) is 9.59 Å². The molecule has 2 aromatic rings. The molecular formula is C16H20N4O2. The maximum Gasteiger partial charge on any atom is 0.267 e. The fourth-order valence-electron chi connectivity index (χ4n) is 2.07. The summed E-state index contributed by atoms with van der Waals surface area (Å²) in [6.07, 6.45) is 0.599. The number of hydrazone groups is 1. The minimum absolute atomic E-state index is 0.176. The van der Waals surface area contributed by atoms with Crippen LogP contribution in [0.1, 0.15) is 35.7 Å². The Hall–Kier alpha value is -2.63. The number of carbonyl (C=O) groups excluding carboxylic acids is 1. The Morgan fingerprint density at radius 1 is 1.18 bits per heavy atom. The first kappa shape index (κ1) is 15.8. The summed E-state index contributed by atoms with van der Waals surface area (Å²) < 4.78 is 0. The number of benzene rings is 1. The summed E-state index contributed by atoms with van der Waals surface area (Å²) >= 11 is 0. The first-order chi connectivity index (χ1) is 10.5. The minimum Gasteiger partial charge on any atom is -0.302 e. The molecule has 0 bridgehead atoms. The number of H-pyrrole nitrogens is 2. The van der Waals surface area contributed by atoms with Crippen LogP contribution in [0, 0.1) is 13.8 Å². The molecule has 2 rings (SSSR count). The van der Waals surface area contributed by atoms with Crippen LogP contribution in [-0.4, -0.2) is 21.8 Å². The van der Waals surface area contributed by atoms with Crippen molar-refractivity contribution in [2.45, 2.75) is 33.6 Å². The van der Waals surface area contributed by atoms with Gasteiger partial charge in [0.2, 0.25) is 5.91 Å². The van der Waals surface area contributed by atoms with Crippen LogP contribution in [0.5, 0.6) is 0 Å². The van der Waals surface area contributed by atoms with E-state index in [0.717, 1.165) is 17.0 Å². The molecule has 22 heavy (non-hydrogen) atoms. The van der Waals surface area contributed by atoms with Gasteiger partial charge in [0.1, 0.15) is 0 Å². The lowest BCUT2D eigenvalue weighted by Crippen LogP contribution is -2.20. The van der Waals surface area contributed by atoms with Crippen LogP contribution in [0.15, 0.2) is 34.2 Å². The van der Waals surface area contributed by atoms with Gasteiger partial charge in [-0.1, -0.05) is 29.8 Å². The van der Waals surface area contributed by atoms with E-state index in [1.807, 2.05) is 38.1 Å². The van der Waals surface area contributed by atoms with Crippen LogP contribution in [-0.2, 0) is 11.2 Å². The van der Waals surface area contributed by atoms with E-state index in [1.54, 1.807) is 6.92 Å². The largest absolute Gasteiger partial charge is 0.302 e. The van der Waals surface area contributed by atoms with Crippen molar-refractivity contribution in [2.75, 3.05) is 0 Å². The van der Waals surface area contributed by atoms with Gasteiger partial charge in [0.05, 0.1) is 5.71 Å². The number of rotatable bonds is 5. The van der Waals surface area contributed by atoms with Crippen LogP contribution in [0.25, 0.3) is 0 Å². The van der Waals surface area contributed by atoms with Gasteiger partial charge in [0.25, 0.3) is 5.56 Å². The lowest BCUT2D eigenvalue weighted by atomic mass is 10.1. The highest BCUT2D eigenvalue weighted by Gasteiger charge is 2.09. The second-order valence-electron chi connectivity index (χ2n) is 5.28. The topological polar surface area (TPSA) is 90.1 Å². The molecule has 0 radical (unpaired) electrons. The Balaban J connectivity index is 1.91. The fraction of sp³-hybridized carbons (Fsp3) is 0.312. The van der Waals surface area contributed by atoms with E-state index in [2.05, 4.69) is 20.7 Å². The Morgan fingerprint density at radius 3 is 2.45 bits per heavy atom. The van der Waals surface area contributed by atoms with Crippen molar-refractivity contribution in [1.82, 2.24) is 15.6 Å². The third-order valence-corrected chi connectivity index (χ3v) is 3.51. The monoisotopic (exact) mass is 300 g/mol. The number of nitrogens with one attached hydrogen (secondary N) is 3. The number of amides is 1. The zero-order valence-electron chi connectivity index (χ0n) is 13.0. The van der Waals surface area contributed by atoms with Gasteiger partial charge in [-0.25, -0.2) is 5.43 Å². The third kappa shape index (κ3) is 3.94. The zero-order valence-corrected chi connectivity index (χ0v) is 13.0. The van der Waals surface area contributed by atoms with Crippen LogP contribution < -0.4 is 11.0 Å². The van der Waals surface area contributed by atoms with Gasteiger partial charge in [-0.05, 0) is 32.8 Å². The minimum atomic E-state index is -0.216. The predicted octanol–water partition coefficient (Wildman–Crippen LogP) is 1.79. The third-order valence-electron chi connectivity index (χ3n) is 3.51. The molecule has 1 heterocycles. The SMILES string of the molecule is CC(=NNC(=O)CCc1c(C)[nH][nH]c1=O)c1ccc(C)cc1. The highest BCUT2D eigenvalue weighted by Crippen LogP contribution is 2.04. The molecule has 0 unspecified atom stereocenters. The molecule has 0 atom stereocenters. The second-order valence-corrected chi connectivity index (χ2v) is 5.28. The first-order valence-corrected chi connectivity index (χ1v) is 7.13. The highest BCUT2D eigenvalue weighted by molar-refractivity contribution is 5.99. The summed E-state index contributed by atoms with van der Waals surface area (Å²) in [7, 11) is 0. The molecule has 3 N–H and O–H groups in total. The summed E-state index contributed by atoms with van der Waals surface area (Å²) in [4.78, 5) is 23.3. The summed E-state index contributed by atoms with van der Waals surface area (Å²) in [5.41, 5.74) is 6.59. The molecule has 0 aliphatic carbocycles. The Morgan fingerprint density at radius 2 is 1.86 bits per heavy atom. The number of nitrogens with zero attached hydrogens (tertiary/aromatic N) is 1. The van der Waals surface area contributed by atoms with Crippen molar-refractivity contribution in [3.63, 3.8) is 0 Å². The number of hydrogen-bond acceptors (Lipinski definition) is 3. The van der Waals surface area contributed by atoms with E-state index in [1.165, 1.54) is 5.56 Å². The molecule has 1 aromatic heterocycles. The quantitative estimate of drug-likeness (QED) is 0.580. The predicted molar refractivity (Wildman–Crippen MR) is 86.0 cm³/mol. The van der Waals surface area contributed by atoms with E-state index in [-0.39, 0.29) is 17.9 Å². The van der Waals surface area contributed by atoms with Gasteiger partial charge in [0, 0.05) is 17.7 Å². The van der Waals surface area contributed by atoms with Gasteiger partial charge >= 0.3 is 0 Å². The Bertz CT molecular complexity index is 738. The summed E-state index contributed by atoms with van der Waals surface area (Å²) in [5.74, 6) is -0.216. The Labute approximate surface area is 128 Å². The molecule has 0 aliphatic heterocycles. The second kappa shape index (κ2) is 6.89. The van der Waals surface area contributed by atoms with Crippen molar-refractivity contribution >= 4 is 11.6 Å². The average molecular weight is 300 g/mol. The van der Waals surface area contributed by atoms with Crippen molar-refractivity contribution in [2.24, 2.45) is 5.10 Å². The van der Waals surface area contributed by atoms with Crippen molar-refractivity contribution in [1.29, 1.82) is 0 Å². The van der Waals surface area contributed by atoms with Crippen LogP contribution in [0.4, 0.5) is 0 Å². The van der Waals surface area contributed by atoms with Gasteiger partial charge in [-0.15, -0.1) is 0 Å². The first-order valence-electron chi connectivity index (χ1n) is 7.13. The average Bonchev–Trinajstić information content (AvgIpc) is 2.82. The van der Waals surface area contributed by atoms with Crippen LogP contribution in [0.3, 0.4) is 0 Å². The molecule has 0 aliphatic rings. The van der Waals surface area contributed by atoms with E-state index in [0.29, 0.717) is 12.0 Å². The van der Waals surface area contributed by atoms with Gasteiger partial charge < -0.3 is 5.10 Å². The maximum atomic E-state index is 11.8. The molecule has 116 valence electrons. The smallest absolute Gasteiger partial charge is 0.267 e. The summed E-state index contributed by atoms with van der Waals surface area (Å²) in [6, 6.07) is 7.92. The molecule has 6 nitrogen and oxygen atoms in total. The number of aromatic amines is 2. The van der Waals surface area contributed by atoms with Gasteiger partial charge in [-0.3, -0.25) is 14.7 Å². The number of aromatic nitrogens is 2. The lowest BCUT2D eigenvalue weighted by Gasteiger charge is -2.03. The standard InChI is InChI=1S/C16H20N4O2/c1-10-4-6-13(7-5-10)11(2)17-19-15(21)9-8-14-12(3)18-20-16(14)22/h4-7H,8-9H2,1-3H3,(H,19,21)(H2,18,20,22). The highest BCUT2D eigenvalue weighted by atomic mass is 16.2. The van der Waals surface area contributed by atoms with E-state index in [4.69, 9.17) is 0 Å². The van der Waals surface area contributed by atoms with Crippen molar-refractivity contribution in [3.8, 4) is 0 Å². The zero-order chi connectivity index (χ0) is 16.1. The van der Waals surface area contributed by atoms with E-state index < -0.39 is 0 Å². The molecule has 6 heteroatoms. The van der Waals surface area contributed by atoms with E-state index >= 15 is 0 Å². The summed E-state index contributed by atoms with van der Waals surface area (Å²) in [5, 5.41) is 9.33. The molecule has 1 aromatic carbocycles. The molecule has 0 spiro atoms. The lowest BCUT2D eigenvalue weighted by molar-refractivity contribution is -0.121. The fourth-order valence-corrected chi connectivity index (χ4v) is 2.07. The normalized spacial score (nSPS) is 11.5. The van der Waals surface area contributed by atoms with Crippen molar-refractivity contribution in [3.05, 3.63) is 57.0 Å². The number of carbonyl (C=O) groups is 1. The Kier molecular flexibility index (Phi) is 4.93.